The van der Waals surface area contributed by atoms with Gasteiger partial charge in [0, 0.05) is 48.1 Å². The number of thiophene rings is 1. The summed E-state index contributed by atoms with van der Waals surface area (Å²) in [7, 11) is 0. The number of hydrogen-bond donors (Lipinski definition) is 0. The van der Waals surface area contributed by atoms with Gasteiger partial charge in [-0.1, -0.05) is 107 Å². The zero-order chi connectivity index (χ0) is 34.9. The molecular weight excluding hydrogens is 647 g/mol. The maximum absolute atomic E-state index is 2.46. The normalized spacial score (nSPS) is 14.8. The Balaban J connectivity index is 1.08. The van der Waals surface area contributed by atoms with Crippen LogP contribution in [0, 0.1) is 0 Å². The molecule has 0 N–H and O–H groups in total. The molecule has 9 aromatic rings. The maximum atomic E-state index is 2.46. The summed E-state index contributed by atoms with van der Waals surface area (Å²) in [6.45, 7) is 9.56. The van der Waals surface area contributed by atoms with Gasteiger partial charge in [0.1, 0.15) is 0 Å². The quantitative estimate of drug-likeness (QED) is 0.179. The van der Waals surface area contributed by atoms with Crippen LogP contribution in [0.25, 0.3) is 64.0 Å². The van der Waals surface area contributed by atoms with Gasteiger partial charge in [-0.15, -0.1) is 11.3 Å². The van der Waals surface area contributed by atoms with E-state index in [9.17, 15) is 0 Å². The number of rotatable bonds is 3. The van der Waals surface area contributed by atoms with Gasteiger partial charge in [0.25, 0.3) is 0 Å². The van der Waals surface area contributed by atoms with E-state index in [0.29, 0.717) is 0 Å². The molecule has 0 aliphatic heterocycles. The molecule has 0 saturated heterocycles. The van der Waals surface area contributed by atoms with E-state index >= 15 is 0 Å². The summed E-state index contributed by atoms with van der Waals surface area (Å²) < 4.78 is 2.72. The number of nitrogens with zero attached hydrogens (tertiary/aromatic N) is 1. The molecular formula is C50H37NS. The third kappa shape index (κ3) is 4.04. The van der Waals surface area contributed by atoms with Crippen molar-refractivity contribution in [1.29, 1.82) is 0 Å². The van der Waals surface area contributed by atoms with Gasteiger partial charge in [-0.3, -0.25) is 0 Å². The Labute approximate surface area is 308 Å². The van der Waals surface area contributed by atoms with Gasteiger partial charge in [0.2, 0.25) is 0 Å². The van der Waals surface area contributed by atoms with Crippen molar-refractivity contribution >= 4 is 70.1 Å². The monoisotopic (exact) mass is 683 g/mol. The molecule has 1 nitrogen and oxygen atoms in total. The average molecular weight is 684 g/mol. The van der Waals surface area contributed by atoms with Crippen molar-refractivity contribution in [1.82, 2.24) is 0 Å². The molecule has 0 spiro atoms. The van der Waals surface area contributed by atoms with E-state index in [4.69, 9.17) is 0 Å². The SMILES string of the molecule is CC1(C)c2cc3ccccc3cc2-c2cc3ccc(N(c4ccccc4)c4ccc5c(c4)C(C)(C)c4ccc6sc7ccccc7c6c4-5)cc3cc21. The Bertz CT molecular complexity index is 2960. The predicted molar refractivity (Wildman–Crippen MR) is 224 cm³/mol. The summed E-state index contributed by atoms with van der Waals surface area (Å²) in [6, 6.07) is 57.1. The second-order valence-corrected chi connectivity index (χ2v) is 16.9. The Kier molecular flexibility index (Phi) is 6.02. The average Bonchev–Trinajstić information content (AvgIpc) is 3.73. The Morgan fingerprint density at radius 3 is 1.79 bits per heavy atom. The van der Waals surface area contributed by atoms with E-state index in [-0.39, 0.29) is 10.8 Å². The molecule has 0 fully saturated rings. The minimum absolute atomic E-state index is 0.0855. The Morgan fingerprint density at radius 2 is 1.00 bits per heavy atom. The first-order valence-corrected chi connectivity index (χ1v) is 19.2. The van der Waals surface area contributed by atoms with Crippen LogP contribution in [0.1, 0.15) is 49.9 Å². The lowest BCUT2D eigenvalue weighted by atomic mass is 9.81. The molecule has 8 aromatic carbocycles. The molecule has 248 valence electrons. The molecule has 0 amide bonds. The fourth-order valence-electron chi connectivity index (χ4n) is 9.48. The number of fused-ring (bicyclic) bond motifs is 12. The lowest BCUT2D eigenvalue weighted by Crippen LogP contribution is -2.16. The van der Waals surface area contributed by atoms with Crippen molar-refractivity contribution < 1.29 is 0 Å². The number of para-hydroxylation sites is 1. The first-order valence-electron chi connectivity index (χ1n) is 18.3. The molecule has 0 atom stereocenters. The van der Waals surface area contributed by atoms with Gasteiger partial charge < -0.3 is 4.90 Å². The third-order valence-corrected chi connectivity index (χ3v) is 13.3. The summed E-state index contributed by atoms with van der Waals surface area (Å²) in [5, 5.41) is 7.90. The fraction of sp³-hybridized carbons (Fsp3) is 0.120. The Hall–Kier alpha value is -5.70. The van der Waals surface area contributed by atoms with Crippen LogP contribution >= 0.6 is 11.3 Å². The van der Waals surface area contributed by atoms with E-state index < -0.39 is 0 Å². The van der Waals surface area contributed by atoms with Gasteiger partial charge in [0.15, 0.2) is 0 Å². The molecule has 0 saturated carbocycles. The predicted octanol–water partition coefficient (Wildman–Crippen LogP) is 14.4. The van der Waals surface area contributed by atoms with Crippen LogP contribution in [-0.2, 0) is 10.8 Å². The summed E-state index contributed by atoms with van der Waals surface area (Å²) in [5.41, 5.74) is 14.4. The zero-order valence-corrected chi connectivity index (χ0v) is 30.6. The van der Waals surface area contributed by atoms with E-state index in [1.165, 1.54) is 91.9 Å². The first kappa shape index (κ1) is 30.0. The third-order valence-electron chi connectivity index (χ3n) is 12.2. The molecule has 52 heavy (non-hydrogen) atoms. The van der Waals surface area contributed by atoms with E-state index in [0.717, 1.165) is 11.4 Å². The number of hydrogen-bond acceptors (Lipinski definition) is 2. The summed E-state index contributed by atoms with van der Waals surface area (Å²) in [4.78, 5) is 2.44. The first-order chi connectivity index (χ1) is 25.3. The highest BCUT2D eigenvalue weighted by Crippen LogP contribution is 2.56. The summed E-state index contributed by atoms with van der Waals surface area (Å²) in [5.74, 6) is 0. The summed E-state index contributed by atoms with van der Waals surface area (Å²) >= 11 is 1.90. The van der Waals surface area contributed by atoms with Gasteiger partial charge in [-0.25, -0.2) is 0 Å². The molecule has 1 aromatic heterocycles. The van der Waals surface area contributed by atoms with E-state index in [1.807, 2.05) is 11.3 Å². The van der Waals surface area contributed by atoms with Gasteiger partial charge in [0.05, 0.1) is 0 Å². The lowest BCUT2D eigenvalue weighted by molar-refractivity contribution is 0.661. The van der Waals surface area contributed by atoms with Crippen LogP contribution in [0.3, 0.4) is 0 Å². The van der Waals surface area contributed by atoms with Gasteiger partial charge >= 0.3 is 0 Å². The topological polar surface area (TPSA) is 3.24 Å². The van der Waals surface area contributed by atoms with Crippen LogP contribution < -0.4 is 4.90 Å². The van der Waals surface area contributed by atoms with Crippen molar-refractivity contribution in [2.75, 3.05) is 4.90 Å². The molecule has 1 heterocycles. The second-order valence-electron chi connectivity index (χ2n) is 15.8. The highest BCUT2D eigenvalue weighted by molar-refractivity contribution is 7.26. The minimum atomic E-state index is -0.129. The van der Waals surface area contributed by atoms with E-state index in [2.05, 4.69) is 184 Å². The Morgan fingerprint density at radius 1 is 0.404 bits per heavy atom. The molecule has 2 aliphatic carbocycles. The lowest BCUT2D eigenvalue weighted by Gasteiger charge is -2.28. The van der Waals surface area contributed by atoms with Crippen LogP contribution in [0.2, 0.25) is 0 Å². The van der Waals surface area contributed by atoms with Crippen molar-refractivity contribution in [3.63, 3.8) is 0 Å². The molecule has 0 unspecified atom stereocenters. The number of benzene rings is 8. The van der Waals surface area contributed by atoms with Crippen molar-refractivity contribution in [3.8, 4) is 22.3 Å². The molecule has 11 rings (SSSR count). The van der Waals surface area contributed by atoms with E-state index in [1.54, 1.807) is 0 Å². The van der Waals surface area contributed by atoms with Crippen LogP contribution in [-0.4, -0.2) is 0 Å². The van der Waals surface area contributed by atoms with Crippen LogP contribution in [0.5, 0.6) is 0 Å². The second kappa shape index (κ2) is 10.4. The molecule has 0 radical (unpaired) electrons. The maximum Gasteiger partial charge on any atom is 0.0468 e. The standard InChI is InChI=1S/C50H37NS/c1-49(2)41-22-23-46-48(38-16-10-11-17-45(38)52-46)47(41)37-21-20-36(29-44(37)49)51(34-14-6-5-7-15-34)35-19-18-32-26-40-39-25-30-12-8-9-13-31(30)27-42(39)50(3,4)43(40)28-33(32)24-35/h5-29H,1-4H3. The number of anilines is 3. The molecule has 0 bridgehead atoms. The fourth-order valence-corrected chi connectivity index (χ4v) is 10.6. The molecule has 2 aliphatic rings. The largest absolute Gasteiger partial charge is 0.310 e. The van der Waals surface area contributed by atoms with Crippen LogP contribution in [0.4, 0.5) is 17.1 Å². The van der Waals surface area contributed by atoms with Crippen LogP contribution in [0.15, 0.2) is 152 Å². The summed E-state index contributed by atoms with van der Waals surface area (Å²) in [6.07, 6.45) is 0. The van der Waals surface area contributed by atoms with Crippen molar-refractivity contribution in [2.24, 2.45) is 0 Å². The van der Waals surface area contributed by atoms with Crippen molar-refractivity contribution in [3.05, 3.63) is 174 Å². The molecule has 2 heteroatoms. The minimum Gasteiger partial charge on any atom is -0.310 e. The van der Waals surface area contributed by atoms with Gasteiger partial charge in [-0.2, -0.15) is 0 Å². The highest BCUT2D eigenvalue weighted by atomic mass is 32.1. The van der Waals surface area contributed by atoms with Crippen molar-refractivity contribution in [2.45, 2.75) is 38.5 Å². The van der Waals surface area contributed by atoms with Gasteiger partial charge in [-0.05, 0) is 139 Å². The smallest absolute Gasteiger partial charge is 0.0468 e. The zero-order valence-electron chi connectivity index (χ0n) is 29.8. The highest BCUT2D eigenvalue weighted by Gasteiger charge is 2.38.